The number of anilines is 1. The lowest BCUT2D eigenvalue weighted by Crippen LogP contribution is -2.50. The molecule has 1 unspecified atom stereocenters. The number of halogens is 2. The van der Waals surface area contributed by atoms with Gasteiger partial charge in [0, 0.05) is 22.2 Å². The first-order valence-corrected chi connectivity index (χ1v) is 16.2. The van der Waals surface area contributed by atoms with Gasteiger partial charge < -0.3 is 13.9 Å². The van der Waals surface area contributed by atoms with Crippen molar-refractivity contribution in [2.75, 3.05) is 18.5 Å². The van der Waals surface area contributed by atoms with E-state index in [0.29, 0.717) is 10.1 Å². The molecule has 1 aliphatic rings. The number of benzene rings is 3. The van der Waals surface area contributed by atoms with Crippen LogP contribution in [-0.2, 0) is 24.8 Å². The lowest BCUT2D eigenvalue weighted by molar-refractivity contribution is -0.129. The van der Waals surface area contributed by atoms with Crippen LogP contribution in [-0.4, -0.2) is 36.9 Å². The lowest BCUT2D eigenvalue weighted by atomic mass is 9.87. The summed E-state index contributed by atoms with van der Waals surface area (Å²) in [6, 6.07) is 14.1. The van der Waals surface area contributed by atoms with Crippen molar-refractivity contribution >= 4 is 41.5 Å². The Morgan fingerprint density at radius 1 is 0.944 bits per heavy atom. The second kappa shape index (κ2) is 9.18. The van der Waals surface area contributed by atoms with Gasteiger partial charge in [-0.1, -0.05) is 29.8 Å². The second-order valence-corrected chi connectivity index (χ2v) is 15.7. The number of carbonyl (C=O) groups excluding carboxylic acids is 1. The fourth-order valence-corrected chi connectivity index (χ4v) is 7.28. The third-order valence-electron chi connectivity index (χ3n) is 5.64. The second-order valence-electron chi connectivity index (χ2n) is 9.13. The van der Waals surface area contributed by atoms with Crippen LogP contribution in [0.15, 0.2) is 65.6 Å². The molecule has 1 aliphatic heterocycles. The molecule has 0 N–H and O–H groups in total. The van der Waals surface area contributed by atoms with E-state index in [1.807, 2.05) is 19.6 Å². The minimum Gasteiger partial charge on any atom is -0.497 e. The van der Waals surface area contributed by atoms with Gasteiger partial charge in [0.25, 0.3) is 15.9 Å². The Morgan fingerprint density at radius 2 is 1.64 bits per heavy atom. The number of fused-ring (bicyclic) bond motifs is 1. The van der Waals surface area contributed by atoms with Gasteiger partial charge in [-0.05, 0) is 56.0 Å². The molecule has 4 rings (SSSR count). The van der Waals surface area contributed by atoms with E-state index >= 15 is 4.39 Å². The molecule has 3 aromatic rings. The highest BCUT2D eigenvalue weighted by Gasteiger charge is 2.59. The summed E-state index contributed by atoms with van der Waals surface area (Å²) < 4.78 is 61.0. The Kier molecular flexibility index (Phi) is 6.67. The van der Waals surface area contributed by atoms with Gasteiger partial charge in [-0.15, -0.1) is 0 Å². The highest BCUT2D eigenvalue weighted by atomic mass is 35.5. The van der Waals surface area contributed by atoms with Crippen molar-refractivity contribution in [1.29, 1.82) is 0 Å². The van der Waals surface area contributed by atoms with Gasteiger partial charge in [0.1, 0.15) is 22.2 Å². The molecule has 3 aromatic carbocycles. The summed E-state index contributed by atoms with van der Waals surface area (Å²) in [6.45, 7) is 5.49. The van der Waals surface area contributed by atoms with Crippen LogP contribution in [0.5, 0.6) is 11.5 Å². The SMILES string of the molecule is COc1ccc(S(=O)(=O)N2C(=O)C(O[Si](C)(C)C)(c3ccccc3F)c3cc(Cl)ccc32)c(OC)c1. The molecular weight excluding hydrogens is 525 g/mol. The summed E-state index contributed by atoms with van der Waals surface area (Å²) in [5.74, 6) is -1.33. The molecule has 190 valence electrons. The molecule has 0 spiro atoms. The number of nitrogens with zero attached hydrogens (tertiary/aromatic N) is 1. The average Bonchev–Trinajstić information content (AvgIpc) is 3.06. The number of sulfonamides is 1. The van der Waals surface area contributed by atoms with Crippen molar-refractivity contribution in [3.63, 3.8) is 0 Å². The predicted octanol–water partition coefficient (Wildman–Crippen LogP) is 5.33. The number of carbonyl (C=O) groups is 1. The maximum atomic E-state index is 15.3. The molecule has 0 fully saturated rings. The summed E-state index contributed by atoms with van der Waals surface area (Å²) in [7, 11) is -4.43. The maximum Gasteiger partial charge on any atom is 0.281 e. The van der Waals surface area contributed by atoms with Gasteiger partial charge in [0.2, 0.25) is 0 Å². The van der Waals surface area contributed by atoms with Crippen molar-refractivity contribution < 1.29 is 31.5 Å². The molecule has 7 nitrogen and oxygen atoms in total. The Morgan fingerprint density at radius 3 is 2.25 bits per heavy atom. The van der Waals surface area contributed by atoms with Crippen LogP contribution in [0.4, 0.5) is 10.1 Å². The Bertz CT molecular complexity index is 1460. The normalized spacial score (nSPS) is 17.8. The molecule has 0 aromatic heterocycles. The first kappa shape index (κ1) is 26.1. The van der Waals surface area contributed by atoms with Crippen molar-refractivity contribution in [2.45, 2.75) is 30.1 Å². The fraction of sp³-hybridized carbons (Fsp3) is 0.240. The van der Waals surface area contributed by atoms with E-state index in [9.17, 15) is 13.2 Å². The summed E-state index contributed by atoms with van der Waals surface area (Å²) in [5, 5.41) is 0.239. The number of methoxy groups -OCH3 is 2. The lowest BCUT2D eigenvalue weighted by Gasteiger charge is -2.35. The van der Waals surface area contributed by atoms with Gasteiger partial charge in [-0.2, -0.15) is 4.31 Å². The number of hydrogen-bond acceptors (Lipinski definition) is 6. The third kappa shape index (κ3) is 4.17. The van der Waals surface area contributed by atoms with Crippen LogP contribution in [0.25, 0.3) is 0 Å². The molecule has 11 heteroatoms. The zero-order chi connectivity index (χ0) is 26.5. The van der Waals surface area contributed by atoms with Crippen molar-refractivity contribution in [2.24, 2.45) is 0 Å². The minimum absolute atomic E-state index is 0.0174. The van der Waals surface area contributed by atoms with Gasteiger partial charge in [-0.25, -0.2) is 12.8 Å². The van der Waals surface area contributed by atoms with Gasteiger partial charge in [0.05, 0.1) is 19.9 Å². The van der Waals surface area contributed by atoms with Crippen LogP contribution in [0.2, 0.25) is 24.7 Å². The van der Waals surface area contributed by atoms with E-state index in [2.05, 4.69) is 0 Å². The first-order chi connectivity index (χ1) is 16.9. The largest absolute Gasteiger partial charge is 0.497 e. The molecule has 1 amide bonds. The smallest absolute Gasteiger partial charge is 0.281 e. The van der Waals surface area contributed by atoms with Crippen LogP contribution >= 0.6 is 11.6 Å². The summed E-state index contributed by atoms with van der Waals surface area (Å²) in [6.07, 6.45) is 0. The van der Waals surface area contributed by atoms with E-state index in [-0.39, 0.29) is 32.5 Å². The third-order valence-corrected chi connectivity index (χ3v) is 8.53. The summed E-state index contributed by atoms with van der Waals surface area (Å²) in [5.41, 5.74) is -2.00. The topological polar surface area (TPSA) is 82.1 Å². The van der Waals surface area contributed by atoms with E-state index in [1.54, 1.807) is 6.07 Å². The predicted molar refractivity (Wildman–Crippen MR) is 137 cm³/mol. The van der Waals surface area contributed by atoms with Crippen LogP contribution in [0.3, 0.4) is 0 Å². The molecule has 1 atom stereocenters. The summed E-state index contributed by atoms with van der Waals surface area (Å²) in [4.78, 5) is 14.1. The van der Waals surface area contributed by atoms with Crippen molar-refractivity contribution in [3.8, 4) is 11.5 Å². The first-order valence-electron chi connectivity index (χ1n) is 10.9. The molecular formula is C25H25ClFNO6SSi. The Labute approximate surface area is 215 Å². The van der Waals surface area contributed by atoms with Crippen molar-refractivity contribution in [3.05, 3.63) is 82.6 Å². The van der Waals surface area contributed by atoms with Gasteiger partial charge in [-0.3, -0.25) is 4.79 Å². The van der Waals surface area contributed by atoms with Gasteiger partial charge in [0.15, 0.2) is 13.9 Å². The average molecular weight is 550 g/mol. The molecule has 0 saturated carbocycles. The quantitative estimate of drug-likeness (QED) is 0.371. The van der Waals surface area contributed by atoms with Crippen molar-refractivity contribution in [1.82, 2.24) is 0 Å². The molecule has 0 radical (unpaired) electrons. The van der Waals surface area contributed by atoms with Crippen LogP contribution < -0.4 is 13.8 Å². The molecule has 0 saturated heterocycles. The summed E-state index contributed by atoms with van der Waals surface area (Å²) >= 11 is 6.31. The van der Waals surface area contributed by atoms with Crippen LogP contribution in [0.1, 0.15) is 11.1 Å². The highest BCUT2D eigenvalue weighted by Crippen LogP contribution is 2.52. The Balaban J connectivity index is 2.05. The van der Waals surface area contributed by atoms with E-state index in [1.165, 1.54) is 68.8 Å². The van der Waals surface area contributed by atoms with Gasteiger partial charge >= 0.3 is 0 Å². The molecule has 0 bridgehead atoms. The fourth-order valence-electron chi connectivity index (χ4n) is 4.28. The van der Waals surface area contributed by atoms with Crippen LogP contribution in [0, 0.1) is 5.82 Å². The Hall–Kier alpha value is -2.92. The molecule has 0 aliphatic carbocycles. The zero-order valence-electron chi connectivity index (χ0n) is 20.3. The molecule has 1 heterocycles. The maximum absolute atomic E-state index is 15.3. The molecule has 36 heavy (non-hydrogen) atoms. The van der Waals surface area contributed by atoms with E-state index in [0.717, 1.165) is 0 Å². The monoisotopic (exact) mass is 549 g/mol. The van der Waals surface area contributed by atoms with E-state index in [4.69, 9.17) is 25.5 Å². The zero-order valence-corrected chi connectivity index (χ0v) is 22.9. The highest BCUT2D eigenvalue weighted by molar-refractivity contribution is 7.93. The minimum atomic E-state index is -4.56. The number of rotatable bonds is 7. The number of hydrogen-bond donors (Lipinski definition) is 0. The van der Waals surface area contributed by atoms with E-state index < -0.39 is 35.7 Å². The standard InChI is InChI=1S/C25H25ClFNO6SSi/c1-32-17-11-13-23(22(15-17)33-2)35(30,31)28-21-12-10-16(26)14-19(21)25(24(28)29,34-36(3,4)5)18-8-6-7-9-20(18)27/h6-15H,1-5H3. The number of ether oxygens (including phenoxy) is 2. The number of amides is 1.